The van der Waals surface area contributed by atoms with Crippen LogP contribution < -0.4 is 16.0 Å². The van der Waals surface area contributed by atoms with Crippen LogP contribution in [-0.4, -0.2) is 34.1 Å². The van der Waals surface area contributed by atoms with Gasteiger partial charge in [0.25, 0.3) is 0 Å². The predicted molar refractivity (Wildman–Crippen MR) is 107 cm³/mol. The van der Waals surface area contributed by atoms with Crippen LogP contribution >= 0.6 is 0 Å². The molecule has 146 valence electrons. The van der Waals surface area contributed by atoms with Gasteiger partial charge >= 0.3 is 6.03 Å². The number of aryl methyl sites for hydroxylation is 1. The molecule has 3 rings (SSSR count). The number of carbonyl (C=O) groups excluding carboxylic acids is 2. The van der Waals surface area contributed by atoms with Gasteiger partial charge in [0.2, 0.25) is 11.9 Å². The summed E-state index contributed by atoms with van der Waals surface area (Å²) in [4.78, 5) is 28.6. The molecule has 3 N–H and O–H groups in total. The second kappa shape index (κ2) is 9.39. The molecule has 0 spiro atoms. The van der Waals surface area contributed by atoms with Crippen molar-refractivity contribution in [1.82, 2.24) is 20.2 Å². The molecule has 0 saturated heterocycles. The molecule has 27 heavy (non-hydrogen) atoms. The predicted octanol–water partition coefficient (Wildman–Crippen LogP) is 3.41. The smallest absolute Gasteiger partial charge is 0.315 e. The van der Waals surface area contributed by atoms with Crippen LogP contribution in [0.25, 0.3) is 11.0 Å². The molecule has 0 aliphatic heterocycles. The number of fused-ring (bicyclic) bond motifs is 1. The maximum atomic E-state index is 12.2. The highest BCUT2D eigenvalue weighted by atomic mass is 16.2. The number of urea groups is 1. The molecule has 7 nitrogen and oxygen atoms in total. The number of rotatable bonds is 7. The van der Waals surface area contributed by atoms with Crippen LogP contribution in [0.2, 0.25) is 0 Å². The maximum Gasteiger partial charge on any atom is 0.315 e. The number of benzene rings is 1. The number of hydrogen-bond donors (Lipinski definition) is 3. The zero-order chi connectivity index (χ0) is 19.1. The second-order valence-electron chi connectivity index (χ2n) is 7.06. The Kier molecular flexibility index (Phi) is 6.68. The summed E-state index contributed by atoms with van der Waals surface area (Å²) in [7, 11) is 0. The molecule has 1 heterocycles. The van der Waals surface area contributed by atoms with Crippen molar-refractivity contribution in [1.29, 1.82) is 0 Å². The monoisotopic (exact) mass is 371 g/mol. The van der Waals surface area contributed by atoms with Crippen molar-refractivity contribution in [2.24, 2.45) is 0 Å². The zero-order valence-corrected chi connectivity index (χ0v) is 16.0. The SMILES string of the molecule is CCn1c(NC(=O)CCCNC(=O)NC2CCCCC2)nc2ccccc21. The number of anilines is 1. The minimum atomic E-state index is -0.130. The molecule has 1 aliphatic carbocycles. The summed E-state index contributed by atoms with van der Waals surface area (Å²) in [5.41, 5.74) is 1.88. The van der Waals surface area contributed by atoms with Crippen LogP contribution in [0.1, 0.15) is 51.9 Å². The van der Waals surface area contributed by atoms with E-state index in [-0.39, 0.29) is 11.9 Å². The van der Waals surface area contributed by atoms with E-state index in [2.05, 4.69) is 20.9 Å². The number of para-hydroxylation sites is 2. The van der Waals surface area contributed by atoms with Crippen molar-refractivity contribution in [2.75, 3.05) is 11.9 Å². The topological polar surface area (TPSA) is 88.0 Å². The number of hydrogen-bond acceptors (Lipinski definition) is 3. The Morgan fingerprint density at radius 3 is 2.74 bits per heavy atom. The lowest BCUT2D eigenvalue weighted by atomic mass is 9.96. The van der Waals surface area contributed by atoms with Gasteiger partial charge in [-0.1, -0.05) is 31.4 Å². The van der Waals surface area contributed by atoms with Crippen molar-refractivity contribution in [2.45, 2.75) is 64.5 Å². The number of carbonyl (C=O) groups is 2. The highest BCUT2D eigenvalue weighted by Crippen LogP contribution is 2.19. The molecule has 1 saturated carbocycles. The first-order valence-corrected chi connectivity index (χ1v) is 9.97. The maximum absolute atomic E-state index is 12.2. The molecule has 1 aromatic heterocycles. The number of aromatic nitrogens is 2. The van der Waals surface area contributed by atoms with Gasteiger partial charge < -0.3 is 15.2 Å². The largest absolute Gasteiger partial charge is 0.338 e. The Balaban J connectivity index is 1.40. The zero-order valence-electron chi connectivity index (χ0n) is 16.0. The van der Waals surface area contributed by atoms with Crippen LogP contribution in [-0.2, 0) is 11.3 Å². The molecule has 7 heteroatoms. The van der Waals surface area contributed by atoms with E-state index < -0.39 is 0 Å². The standard InChI is InChI=1S/C20H29N5O2/c1-2-25-17-12-7-6-11-16(17)23-19(25)24-18(26)13-8-14-21-20(27)22-15-9-4-3-5-10-15/h6-7,11-12,15H,2-5,8-10,13-14H2,1H3,(H2,21,22,27)(H,23,24,26). The molecule has 1 aliphatic rings. The van der Waals surface area contributed by atoms with Crippen LogP contribution in [0.5, 0.6) is 0 Å². The van der Waals surface area contributed by atoms with Gasteiger partial charge in [-0.3, -0.25) is 10.1 Å². The number of imidazole rings is 1. The van der Waals surface area contributed by atoms with Crippen molar-refractivity contribution in [3.63, 3.8) is 0 Å². The third kappa shape index (κ3) is 5.21. The molecule has 0 bridgehead atoms. The molecular formula is C20H29N5O2. The minimum Gasteiger partial charge on any atom is -0.338 e. The first-order valence-electron chi connectivity index (χ1n) is 9.97. The van der Waals surface area contributed by atoms with E-state index in [0.717, 1.165) is 30.4 Å². The van der Waals surface area contributed by atoms with Gasteiger partial charge in [0.05, 0.1) is 11.0 Å². The summed E-state index contributed by atoms with van der Waals surface area (Å²) in [6.07, 6.45) is 6.71. The van der Waals surface area contributed by atoms with Crippen molar-refractivity contribution < 1.29 is 9.59 Å². The lowest BCUT2D eigenvalue weighted by Crippen LogP contribution is -2.43. The Bertz CT molecular complexity index is 780. The summed E-state index contributed by atoms with van der Waals surface area (Å²) < 4.78 is 1.99. The van der Waals surface area contributed by atoms with E-state index >= 15 is 0 Å². The summed E-state index contributed by atoms with van der Waals surface area (Å²) in [5, 5.41) is 8.74. The van der Waals surface area contributed by atoms with Crippen molar-refractivity contribution in [3.05, 3.63) is 24.3 Å². The van der Waals surface area contributed by atoms with E-state index in [1.54, 1.807) is 0 Å². The highest BCUT2D eigenvalue weighted by Gasteiger charge is 2.15. The number of amides is 3. The quantitative estimate of drug-likeness (QED) is 0.652. The Labute approximate surface area is 159 Å². The molecule has 3 amide bonds. The normalized spacial score (nSPS) is 14.9. The summed E-state index contributed by atoms with van der Waals surface area (Å²) in [6.45, 7) is 3.24. The highest BCUT2D eigenvalue weighted by molar-refractivity contribution is 5.91. The average Bonchev–Trinajstić information content (AvgIpc) is 3.03. The fourth-order valence-electron chi connectivity index (χ4n) is 3.61. The number of nitrogens with one attached hydrogen (secondary N) is 3. The van der Waals surface area contributed by atoms with Gasteiger partial charge in [0.15, 0.2) is 0 Å². The molecular weight excluding hydrogens is 342 g/mol. The first kappa shape index (κ1) is 19.2. The first-order chi connectivity index (χ1) is 13.2. The van der Waals surface area contributed by atoms with Crippen LogP contribution in [0.3, 0.4) is 0 Å². The Morgan fingerprint density at radius 1 is 1.19 bits per heavy atom. The molecule has 0 atom stereocenters. The fraction of sp³-hybridized carbons (Fsp3) is 0.550. The molecule has 1 aromatic carbocycles. The van der Waals surface area contributed by atoms with Crippen LogP contribution in [0.15, 0.2) is 24.3 Å². The van der Waals surface area contributed by atoms with Gasteiger partial charge in [-0.25, -0.2) is 9.78 Å². The van der Waals surface area contributed by atoms with E-state index in [1.165, 1.54) is 19.3 Å². The third-order valence-corrected chi connectivity index (χ3v) is 5.03. The van der Waals surface area contributed by atoms with E-state index in [1.807, 2.05) is 35.8 Å². The van der Waals surface area contributed by atoms with Gasteiger partial charge in [-0.05, 0) is 38.3 Å². The third-order valence-electron chi connectivity index (χ3n) is 5.03. The van der Waals surface area contributed by atoms with E-state index in [4.69, 9.17) is 0 Å². The van der Waals surface area contributed by atoms with Crippen molar-refractivity contribution in [3.8, 4) is 0 Å². The molecule has 2 aromatic rings. The van der Waals surface area contributed by atoms with Crippen LogP contribution in [0.4, 0.5) is 10.7 Å². The average molecular weight is 371 g/mol. The summed E-state index contributed by atoms with van der Waals surface area (Å²) in [5.74, 6) is 0.487. The fourth-order valence-corrected chi connectivity index (χ4v) is 3.61. The Hall–Kier alpha value is -2.57. The molecule has 1 fully saturated rings. The molecule has 0 unspecified atom stereocenters. The van der Waals surface area contributed by atoms with Gasteiger partial charge in [0.1, 0.15) is 0 Å². The van der Waals surface area contributed by atoms with Crippen LogP contribution in [0, 0.1) is 0 Å². The lowest BCUT2D eigenvalue weighted by molar-refractivity contribution is -0.116. The number of nitrogens with zero attached hydrogens (tertiary/aromatic N) is 2. The molecule has 0 radical (unpaired) electrons. The minimum absolute atomic E-state index is 0.0884. The van der Waals surface area contributed by atoms with Gasteiger partial charge in [0, 0.05) is 25.6 Å². The lowest BCUT2D eigenvalue weighted by Gasteiger charge is -2.22. The van der Waals surface area contributed by atoms with Gasteiger partial charge in [-0.2, -0.15) is 0 Å². The summed E-state index contributed by atoms with van der Waals surface area (Å²) >= 11 is 0. The second-order valence-corrected chi connectivity index (χ2v) is 7.06. The van der Waals surface area contributed by atoms with Crippen molar-refractivity contribution >= 4 is 28.9 Å². The Morgan fingerprint density at radius 2 is 1.96 bits per heavy atom. The van der Waals surface area contributed by atoms with Gasteiger partial charge in [-0.15, -0.1) is 0 Å². The van der Waals surface area contributed by atoms with E-state index in [9.17, 15) is 9.59 Å². The van der Waals surface area contributed by atoms with E-state index in [0.29, 0.717) is 31.4 Å². The summed E-state index contributed by atoms with van der Waals surface area (Å²) in [6, 6.07) is 8.00.